The fraction of sp³-hybridized carbons (Fsp3) is 0.345. The largest absolute Gasteiger partial charge is 0.362 e. The predicted octanol–water partition coefficient (Wildman–Crippen LogP) is 8.54. The molecule has 68 heavy (non-hydrogen) atoms. The van der Waals surface area contributed by atoms with Gasteiger partial charge in [0.1, 0.15) is 11.2 Å². The molecule has 0 unspecified atom stereocenters. The first-order valence-corrected chi connectivity index (χ1v) is 23.7. The van der Waals surface area contributed by atoms with Gasteiger partial charge in [-0.25, -0.2) is 0 Å². The molecule has 10 heteroatoms. The maximum Gasteiger partial charge on any atom is 0.253 e. The summed E-state index contributed by atoms with van der Waals surface area (Å²) in [6.07, 6.45) is 0. The molecule has 2 amide bonds. The van der Waals surface area contributed by atoms with Gasteiger partial charge in [-0.05, 0) is 74.9 Å². The van der Waals surface area contributed by atoms with Crippen molar-refractivity contribution in [3.63, 3.8) is 0 Å². The van der Waals surface area contributed by atoms with Crippen LogP contribution in [0.3, 0.4) is 0 Å². The van der Waals surface area contributed by atoms with Gasteiger partial charge in [0.15, 0.2) is 11.2 Å². The van der Waals surface area contributed by atoms with Crippen LogP contribution in [0, 0.1) is 0 Å². The van der Waals surface area contributed by atoms with Gasteiger partial charge in [-0.15, -0.1) is 0 Å². The van der Waals surface area contributed by atoms with E-state index in [-0.39, 0.29) is 51.3 Å². The van der Waals surface area contributed by atoms with E-state index in [1.165, 1.54) is 0 Å². The highest BCUT2D eigenvalue weighted by molar-refractivity contribution is 5.86. The van der Waals surface area contributed by atoms with Gasteiger partial charge in [-0.3, -0.25) is 9.59 Å². The van der Waals surface area contributed by atoms with Crippen molar-refractivity contribution in [1.29, 1.82) is 0 Å². The number of ether oxygens (including phenoxy) is 4. The Labute approximate surface area is 403 Å². The van der Waals surface area contributed by atoms with Gasteiger partial charge in [0.2, 0.25) is 0 Å². The van der Waals surface area contributed by atoms with Crippen LogP contribution < -0.4 is 21.3 Å². The van der Waals surface area contributed by atoms with Gasteiger partial charge < -0.3 is 40.2 Å². The Balaban J connectivity index is 1.05. The Bertz CT molecular complexity index is 2120. The van der Waals surface area contributed by atoms with Gasteiger partial charge in [-0.2, -0.15) is 0 Å². The summed E-state index contributed by atoms with van der Waals surface area (Å²) in [5.74, 6) is -0.544. The molecule has 2 atom stereocenters. The zero-order chi connectivity index (χ0) is 48.1. The van der Waals surface area contributed by atoms with Crippen LogP contribution in [-0.2, 0) is 39.7 Å². The molecule has 6 aromatic carbocycles. The highest BCUT2D eigenvalue weighted by Crippen LogP contribution is 2.42. The average Bonchev–Trinajstić information content (AvgIpc) is 3.35. The topological polar surface area (TPSA) is 119 Å². The molecule has 1 aliphatic rings. The van der Waals surface area contributed by atoms with Crippen LogP contribution in [0.5, 0.6) is 0 Å². The summed E-state index contributed by atoms with van der Waals surface area (Å²) in [4.78, 5) is 28.9. The molecule has 0 bridgehead atoms. The van der Waals surface area contributed by atoms with E-state index in [0.717, 1.165) is 33.4 Å². The van der Waals surface area contributed by atoms with Crippen molar-refractivity contribution in [2.45, 2.75) is 75.0 Å². The highest BCUT2D eigenvalue weighted by Gasteiger charge is 2.43. The molecule has 0 spiro atoms. The van der Waals surface area contributed by atoms with Crippen LogP contribution in [0.25, 0.3) is 0 Å². The average molecular weight is 917 g/mol. The number of carbonyl (C=O) groups is 2. The van der Waals surface area contributed by atoms with Crippen molar-refractivity contribution in [3.8, 4) is 0 Å². The molecule has 1 saturated heterocycles. The van der Waals surface area contributed by atoms with Crippen molar-refractivity contribution >= 4 is 11.8 Å². The second-order valence-electron chi connectivity index (χ2n) is 19.3. The maximum absolute atomic E-state index is 14.4. The van der Waals surface area contributed by atoms with E-state index in [4.69, 9.17) is 18.9 Å². The number of benzene rings is 6. The number of hydrogen-bond donors (Lipinski definition) is 4. The number of nitrogens with one attached hydrogen (secondary N) is 4. The lowest BCUT2D eigenvalue weighted by molar-refractivity contribution is -0.152. The van der Waals surface area contributed by atoms with Gasteiger partial charge >= 0.3 is 0 Å². The first-order valence-electron chi connectivity index (χ1n) is 23.7. The van der Waals surface area contributed by atoms with Crippen molar-refractivity contribution < 1.29 is 28.5 Å². The molecule has 1 fully saturated rings. The Morgan fingerprint density at radius 2 is 0.603 bits per heavy atom. The molecule has 1 heterocycles. The van der Waals surface area contributed by atoms with E-state index < -0.39 is 33.5 Å². The molecule has 0 aromatic heterocycles. The van der Waals surface area contributed by atoms with E-state index >= 15 is 0 Å². The lowest BCUT2D eigenvalue weighted by Gasteiger charge is -2.39. The Kier molecular flexibility index (Phi) is 16.1. The van der Waals surface area contributed by atoms with E-state index in [0.29, 0.717) is 13.1 Å². The molecule has 0 aliphatic carbocycles. The third kappa shape index (κ3) is 11.6. The van der Waals surface area contributed by atoms with E-state index in [1.54, 1.807) is 13.8 Å². The van der Waals surface area contributed by atoms with Crippen LogP contribution >= 0.6 is 0 Å². The van der Waals surface area contributed by atoms with Gasteiger partial charge in [0, 0.05) is 37.3 Å². The minimum absolute atomic E-state index is 0.126. The highest BCUT2D eigenvalue weighted by atomic mass is 16.6. The summed E-state index contributed by atoms with van der Waals surface area (Å²) >= 11 is 0. The molecule has 7 rings (SSSR count). The quantitative estimate of drug-likeness (QED) is 0.0564. The molecule has 356 valence electrons. The van der Waals surface area contributed by atoms with E-state index in [2.05, 4.69) is 94.1 Å². The van der Waals surface area contributed by atoms with Crippen molar-refractivity contribution in [2.75, 3.05) is 52.6 Å². The number of carbonyl (C=O) groups excluding carboxylic acids is 2. The van der Waals surface area contributed by atoms with E-state index in [9.17, 15) is 9.59 Å². The lowest BCUT2D eigenvalue weighted by atomic mass is 9.80. The summed E-state index contributed by atoms with van der Waals surface area (Å²) in [6, 6.07) is 61.1. The molecule has 1 aliphatic heterocycles. The molecule has 0 saturated carbocycles. The molecule has 6 aromatic rings. The van der Waals surface area contributed by atoms with Crippen LogP contribution in [-0.4, -0.2) is 86.7 Å². The van der Waals surface area contributed by atoms with Gasteiger partial charge in [-0.1, -0.05) is 182 Å². The Morgan fingerprint density at radius 1 is 0.368 bits per heavy atom. The summed E-state index contributed by atoms with van der Waals surface area (Å²) in [5.41, 5.74) is -0.0927. The van der Waals surface area contributed by atoms with Crippen LogP contribution in [0.1, 0.15) is 74.9 Å². The monoisotopic (exact) mass is 917 g/mol. The van der Waals surface area contributed by atoms with Crippen LogP contribution in [0.4, 0.5) is 0 Å². The molecule has 0 radical (unpaired) electrons. The normalized spacial score (nSPS) is 20.4. The SMILES string of the molecule is CC1(C)CNC[C@](C)(OCCOC(c2ccccc2)(c2ccccc2)c2ccccc2)C(=O)NC(C)(C)CNC[C@@](C)(OCCOC(c2ccccc2)(c2ccccc2)c2ccccc2)C(=O)N1. The fourth-order valence-electron chi connectivity index (χ4n) is 9.05. The Hall–Kier alpha value is -5.98. The zero-order valence-electron chi connectivity index (χ0n) is 40.4. The molecule has 10 nitrogen and oxygen atoms in total. The van der Waals surface area contributed by atoms with Crippen molar-refractivity contribution in [3.05, 3.63) is 215 Å². The minimum atomic E-state index is -1.30. The van der Waals surface area contributed by atoms with Gasteiger partial charge in [0.05, 0.1) is 26.4 Å². The first kappa shape index (κ1) is 49.9. The summed E-state index contributed by atoms with van der Waals surface area (Å²) in [6.45, 7) is 13.0. The second kappa shape index (κ2) is 22.0. The summed E-state index contributed by atoms with van der Waals surface area (Å²) in [7, 11) is 0. The molecule has 4 N–H and O–H groups in total. The predicted molar refractivity (Wildman–Crippen MR) is 269 cm³/mol. The number of amides is 2. The van der Waals surface area contributed by atoms with Crippen molar-refractivity contribution in [1.82, 2.24) is 21.3 Å². The first-order chi connectivity index (χ1) is 32.7. The smallest absolute Gasteiger partial charge is 0.253 e. The second-order valence-corrected chi connectivity index (χ2v) is 19.3. The standard InChI is InChI=1S/C58H68N4O6/c1-53(2)41-59-43-56(6,66-38-40-68-58(48-31-19-10-20-32-48,49-33-21-11-22-34-49)50-35-23-12-24-36-50)52(64)62-54(3,4)42-60-44-55(5,51(63)61-53)65-37-39-67-57(45-25-13-7-14-26-45,46-27-15-8-16-28-46)47-29-17-9-18-30-47/h7-36,59-60H,37-44H2,1-6H3,(H,61,63)(H,62,64)/t55-,56+. The molecular weight excluding hydrogens is 849 g/mol. The third-order valence-corrected chi connectivity index (χ3v) is 12.6. The number of rotatable bonds is 16. The maximum atomic E-state index is 14.4. The minimum Gasteiger partial charge on any atom is -0.362 e. The lowest BCUT2D eigenvalue weighted by Crippen LogP contribution is -2.65. The van der Waals surface area contributed by atoms with Crippen molar-refractivity contribution in [2.24, 2.45) is 0 Å². The van der Waals surface area contributed by atoms with Gasteiger partial charge in [0.25, 0.3) is 11.8 Å². The Morgan fingerprint density at radius 3 is 0.838 bits per heavy atom. The number of hydrogen-bond acceptors (Lipinski definition) is 8. The third-order valence-electron chi connectivity index (χ3n) is 12.6. The van der Waals surface area contributed by atoms with Crippen LogP contribution in [0.2, 0.25) is 0 Å². The van der Waals surface area contributed by atoms with Crippen LogP contribution in [0.15, 0.2) is 182 Å². The fourth-order valence-corrected chi connectivity index (χ4v) is 9.05. The summed E-state index contributed by atoms with van der Waals surface area (Å²) < 4.78 is 27.2. The summed E-state index contributed by atoms with van der Waals surface area (Å²) in [5, 5.41) is 13.4. The zero-order valence-corrected chi connectivity index (χ0v) is 40.4. The molecular formula is C58H68N4O6. The van der Waals surface area contributed by atoms with E-state index in [1.807, 2.05) is 137 Å².